The van der Waals surface area contributed by atoms with Crippen LogP contribution in [-0.2, 0) is 0 Å². The minimum Gasteiger partial charge on any atom is -0.393 e. The van der Waals surface area contributed by atoms with Gasteiger partial charge in [-0.25, -0.2) is 0 Å². The summed E-state index contributed by atoms with van der Waals surface area (Å²) in [6, 6.07) is 0. The van der Waals surface area contributed by atoms with Gasteiger partial charge in [0.1, 0.15) is 0 Å². The highest BCUT2D eigenvalue weighted by Crippen LogP contribution is 2.28. The van der Waals surface area contributed by atoms with Crippen LogP contribution in [0.15, 0.2) is 0 Å². The van der Waals surface area contributed by atoms with Gasteiger partial charge in [-0.2, -0.15) is 0 Å². The van der Waals surface area contributed by atoms with Crippen molar-refractivity contribution in [1.82, 2.24) is 5.32 Å². The van der Waals surface area contributed by atoms with Crippen molar-refractivity contribution < 1.29 is 10.2 Å². The first kappa shape index (κ1) is 13.3. The van der Waals surface area contributed by atoms with Gasteiger partial charge in [-0.05, 0) is 44.1 Å². The lowest BCUT2D eigenvalue weighted by Crippen LogP contribution is -2.31. The largest absolute Gasteiger partial charge is 0.393 e. The molecule has 2 rings (SSSR count). The molecule has 0 aromatic heterocycles. The van der Waals surface area contributed by atoms with E-state index in [9.17, 15) is 10.2 Å². The van der Waals surface area contributed by atoms with Crippen molar-refractivity contribution in [2.45, 2.75) is 63.6 Å². The highest BCUT2D eigenvalue weighted by molar-refractivity contribution is 4.77. The third-order valence-corrected chi connectivity index (χ3v) is 4.41. The lowest BCUT2D eigenvalue weighted by Gasteiger charge is -2.17. The van der Waals surface area contributed by atoms with E-state index in [1.165, 1.54) is 25.7 Å². The fraction of sp³-hybridized carbons (Fsp3) is 1.00. The van der Waals surface area contributed by atoms with E-state index in [0.29, 0.717) is 5.92 Å². The van der Waals surface area contributed by atoms with Crippen molar-refractivity contribution in [3.05, 3.63) is 0 Å². The Labute approximate surface area is 105 Å². The molecule has 2 fully saturated rings. The molecule has 3 heteroatoms. The zero-order chi connectivity index (χ0) is 12.1. The zero-order valence-corrected chi connectivity index (χ0v) is 10.8. The Morgan fingerprint density at radius 1 is 1.06 bits per heavy atom. The molecule has 17 heavy (non-hydrogen) atoms. The topological polar surface area (TPSA) is 52.5 Å². The Morgan fingerprint density at radius 2 is 1.82 bits per heavy atom. The minimum absolute atomic E-state index is 0.0785. The third-order valence-electron chi connectivity index (χ3n) is 4.41. The van der Waals surface area contributed by atoms with E-state index in [1.54, 1.807) is 0 Å². The molecule has 2 aliphatic carbocycles. The molecule has 3 atom stereocenters. The van der Waals surface area contributed by atoms with E-state index in [-0.39, 0.29) is 12.2 Å². The molecule has 0 aromatic rings. The maximum Gasteiger partial charge on any atom is 0.0667 e. The van der Waals surface area contributed by atoms with Gasteiger partial charge in [-0.15, -0.1) is 0 Å². The predicted molar refractivity (Wildman–Crippen MR) is 68.8 cm³/mol. The molecular formula is C14H27NO2. The summed E-state index contributed by atoms with van der Waals surface area (Å²) in [5.41, 5.74) is 0. The van der Waals surface area contributed by atoms with Gasteiger partial charge in [0.15, 0.2) is 0 Å². The molecule has 0 radical (unpaired) electrons. The molecule has 0 saturated heterocycles. The Balaban J connectivity index is 1.52. The Morgan fingerprint density at radius 3 is 2.47 bits per heavy atom. The molecule has 3 nitrogen and oxygen atoms in total. The van der Waals surface area contributed by atoms with E-state index in [0.717, 1.165) is 44.7 Å². The molecular weight excluding hydrogens is 214 g/mol. The van der Waals surface area contributed by atoms with Crippen LogP contribution in [0, 0.1) is 11.8 Å². The number of aliphatic hydroxyl groups is 2. The van der Waals surface area contributed by atoms with Crippen molar-refractivity contribution >= 4 is 0 Å². The zero-order valence-electron chi connectivity index (χ0n) is 10.8. The Bertz CT molecular complexity index is 216. The SMILES string of the molecule is OC(CNCC1CCC(O)C1)CC1CCCC1. The fourth-order valence-electron chi connectivity index (χ4n) is 3.40. The first-order valence-corrected chi connectivity index (χ1v) is 7.31. The normalized spacial score (nSPS) is 32.1. The summed E-state index contributed by atoms with van der Waals surface area (Å²) in [5, 5.41) is 22.7. The number of hydrogen-bond acceptors (Lipinski definition) is 3. The maximum absolute atomic E-state index is 9.92. The predicted octanol–water partition coefficient (Wildman–Crippen LogP) is 1.68. The van der Waals surface area contributed by atoms with Gasteiger partial charge in [-0.1, -0.05) is 25.7 Å². The average Bonchev–Trinajstić information content (AvgIpc) is 2.90. The second-order valence-corrected chi connectivity index (χ2v) is 6.03. The molecule has 0 amide bonds. The van der Waals surface area contributed by atoms with E-state index in [2.05, 4.69) is 5.32 Å². The van der Waals surface area contributed by atoms with Gasteiger partial charge in [0.25, 0.3) is 0 Å². The van der Waals surface area contributed by atoms with Crippen LogP contribution in [0.4, 0.5) is 0 Å². The number of aliphatic hydroxyl groups excluding tert-OH is 2. The quantitative estimate of drug-likeness (QED) is 0.663. The summed E-state index contributed by atoms with van der Waals surface area (Å²) in [4.78, 5) is 0. The van der Waals surface area contributed by atoms with Crippen LogP contribution >= 0.6 is 0 Å². The summed E-state index contributed by atoms with van der Waals surface area (Å²) in [6.07, 6.45) is 9.07. The number of nitrogens with one attached hydrogen (secondary N) is 1. The van der Waals surface area contributed by atoms with Crippen molar-refractivity contribution in [3.8, 4) is 0 Å². The van der Waals surface area contributed by atoms with Gasteiger partial charge < -0.3 is 15.5 Å². The molecule has 0 heterocycles. The molecule has 0 aromatic carbocycles. The molecule has 100 valence electrons. The molecule has 0 spiro atoms. The standard InChI is InChI=1S/C14H27NO2/c16-13-6-5-12(8-13)9-15-10-14(17)7-11-3-1-2-4-11/h11-17H,1-10H2. The number of rotatable bonds is 6. The summed E-state index contributed by atoms with van der Waals surface area (Å²) < 4.78 is 0. The monoisotopic (exact) mass is 241 g/mol. The van der Waals surface area contributed by atoms with Gasteiger partial charge in [0.05, 0.1) is 12.2 Å². The molecule has 3 unspecified atom stereocenters. The van der Waals surface area contributed by atoms with Crippen LogP contribution in [0.1, 0.15) is 51.4 Å². The Hall–Kier alpha value is -0.120. The maximum atomic E-state index is 9.92. The molecule has 2 aliphatic rings. The van der Waals surface area contributed by atoms with Gasteiger partial charge in [0.2, 0.25) is 0 Å². The van der Waals surface area contributed by atoms with Crippen molar-refractivity contribution in [2.24, 2.45) is 11.8 Å². The molecule has 0 aliphatic heterocycles. The van der Waals surface area contributed by atoms with E-state index < -0.39 is 0 Å². The van der Waals surface area contributed by atoms with Crippen molar-refractivity contribution in [1.29, 1.82) is 0 Å². The number of hydrogen-bond donors (Lipinski definition) is 3. The Kier molecular flexibility index (Phi) is 5.26. The minimum atomic E-state index is -0.176. The van der Waals surface area contributed by atoms with Crippen LogP contribution in [0.3, 0.4) is 0 Å². The highest BCUT2D eigenvalue weighted by atomic mass is 16.3. The van der Waals surface area contributed by atoms with Crippen LogP contribution in [0.25, 0.3) is 0 Å². The summed E-state index contributed by atoms with van der Waals surface area (Å²) in [7, 11) is 0. The van der Waals surface area contributed by atoms with E-state index in [1.807, 2.05) is 0 Å². The first-order chi connectivity index (χ1) is 8.24. The molecule has 2 saturated carbocycles. The lowest BCUT2D eigenvalue weighted by atomic mass is 10.00. The van der Waals surface area contributed by atoms with Gasteiger partial charge in [-0.3, -0.25) is 0 Å². The molecule has 0 bridgehead atoms. The van der Waals surface area contributed by atoms with Crippen molar-refractivity contribution in [2.75, 3.05) is 13.1 Å². The summed E-state index contributed by atoms with van der Waals surface area (Å²) >= 11 is 0. The van der Waals surface area contributed by atoms with E-state index in [4.69, 9.17) is 0 Å². The average molecular weight is 241 g/mol. The van der Waals surface area contributed by atoms with Crippen LogP contribution < -0.4 is 5.32 Å². The van der Waals surface area contributed by atoms with Gasteiger partial charge >= 0.3 is 0 Å². The fourth-order valence-corrected chi connectivity index (χ4v) is 3.40. The van der Waals surface area contributed by atoms with Crippen molar-refractivity contribution in [3.63, 3.8) is 0 Å². The van der Waals surface area contributed by atoms with Crippen LogP contribution in [0.5, 0.6) is 0 Å². The van der Waals surface area contributed by atoms with Crippen LogP contribution in [-0.4, -0.2) is 35.5 Å². The van der Waals surface area contributed by atoms with Crippen LogP contribution in [0.2, 0.25) is 0 Å². The summed E-state index contributed by atoms with van der Waals surface area (Å²) in [5.74, 6) is 1.38. The lowest BCUT2D eigenvalue weighted by molar-refractivity contribution is 0.138. The second kappa shape index (κ2) is 6.72. The third kappa shape index (κ3) is 4.57. The smallest absolute Gasteiger partial charge is 0.0667 e. The second-order valence-electron chi connectivity index (χ2n) is 6.03. The molecule has 3 N–H and O–H groups in total. The summed E-state index contributed by atoms with van der Waals surface area (Å²) in [6.45, 7) is 1.68. The van der Waals surface area contributed by atoms with Gasteiger partial charge in [0, 0.05) is 6.54 Å². The first-order valence-electron chi connectivity index (χ1n) is 7.31. The van der Waals surface area contributed by atoms with E-state index >= 15 is 0 Å². The highest BCUT2D eigenvalue weighted by Gasteiger charge is 2.23.